The van der Waals surface area contributed by atoms with E-state index in [1.807, 2.05) is 36.4 Å². The van der Waals surface area contributed by atoms with Gasteiger partial charge in [0.1, 0.15) is 5.82 Å². The molecule has 3 amide bonds. The Morgan fingerprint density at radius 3 is 2.38 bits per heavy atom. The van der Waals surface area contributed by atoms with Crippen LogP contribution in [0.5, 0.6) is 0 Å². The molecule has 3 aromatic rings. The van der Waals surface area contributed by atoms with Gasteiger partial charge in [-0.15, -0.1) is 0 Å². The van der Waals surface area contributed by atoms with Crippen molar-refractivity contribution in [3.05, 3.63) is 83.2 Å². The number of fused-ring (bicyclic) bond motifs is 1. The number of nitrogens with one attached hydrogen (secondary N) is 3. The summed E-state index contributed by atoms with van der Waals surface area (Å²) in [6.45, 7) is 2.26. The number of hydrazine groups is 1. The Morgan fingerprint density at radius 1 is 0.853 bits per heavy atom. The molecule has 0 bridgehead atoms. The van der Waals surface area contributed by atoms with E-state index in [0.717, 1.165) is 29.2 Å². The number of benzene rings is 3. The first-order chi connectivity index (χ1) is 16.4. The average Bonchev–Trinajstić information content (AvgIpc) is 2.87. The molecule has 4 rings (SSSR count). The Labute approximate surface area is 197 Å². The minimum atomic E-state index is -0.435. The highest BCUT2D eigenvalue weighted by Gasteiger charge is 2.27. The van der Waals surface area contributed by atoms with Crippen LogP contribution in [0.25, 0.3) is 10.8 Å². The van der Waals surface area contributed by atoms with E-state index < -0.39 is 5.82 Å². The van der Waals surface area contributed by atoms with Crippen LogP contribution < -0.4 is 16.2 Å². The van der Waals surface area contributed by atoms with Crippen LogP contribution in [-0.2, 0) is 4.79 Å². The molecule has 3 aromatic carbocycles. The van der Waals surface area contributed by atoms with Crippen LogP contribution in [0.4, 0.5) is 4.39 Å². The van der Waals surface area contributed by atoms with E-state index >= 15 is 0 Å². The first-order valence-electron chi connectivity index (χ1n) is 11.5. The maximum Gasteiger partial charge on any atom is 0.270 e. The average molecular weight is 462 g/mol. The summed E-state index contributed by atoms with van der Waals surface area (Å²) in [5, 5.41) is 4.67. The molecule has 0 heterocycles. The zero-order chi connectivity index (χ0) is 24.1. The molecule has 176 valence electrons. The van der Waals surface area contributed by atoms with Crippen molar-refractivity contribution in [2.24, 2.45) is 11.8 Å². The fourth-order valence-corrected chi connectivity index (χ4v) is 4.51. The fourth-order valence-electron chi connectivity index (χ4n) is 4.51. The van der Waals surface area contributed by atoms with Crippen LogP contribution in [0.3, 0.4) is 0 Å². The normalized spacial score (nSPS) is 17.7. The number of hydrogen-bond donors (Lipinski definition) is 3. The van der Waals surface area contributed by atoms with Crippen molar-refractivity contribution in [1.29, 1.82) is 0 Å². The molecule has 3 N–H and O–H groups in total. The van der Waals surface area contributed by atoms with E-state index in [0.29, 0.717) is 30.5 Å². The number of hydrogen-bond acceptors (Lipinski definition) is 3. The molecule has 1 saturated carbocycles. The van der Waals surface area contributed by atoms with Crippen molar-refractivity contribution in [2.75, 3.05) is 6.54 Å². The van der Waals surface area contributed by atoms with Gasteiger partial charge in [0, 0.05) is 23.6 Å². The van der Waals surface area contributed by atoms with Gasteiger partial charge in [0.25, 0.3) is 11.8 Å². The smallest absolute Gasteiger partial charge is 0.270 e. The number of halogens is 1. The molecule has 7 heteroatoms. The van der Waals surface area contributed by atoms with Crippen molar-refractivity contribution >= 4 is 28.5 Å². The lowest BCUT2D eigenvalue weighted by atomic mass is 9.81. The lowest BCUT2D eigenvalue weighted by Gasteiger charge is -2.28. The zero-order valence-corrected chi connectivity index (χ0v) is 19.1. The van der Waals surface area contributed by atoms with Gasteiger partial charge in [-0.3, -0.25) is 25.2 Å². The summed E-state index contributed by atoms with van der Waals surface area (Å²) in [6.07, 6.45) is 2.93. The summed E-state index contributed by atoms with van der Waals surface area (Å²) in [4.78, 5) is 37.6. The van der Waals surface area contributed by atoms with Crippen LogP contribution in [0, 0.1) is 24.6 Å². The van der Waals surface area contributed by atoms with Crippen molar-refractivity contribution in [3.8, 4) is 0 Å². The first-order valence-corrected chi connectivity index (χ1v) is 11.5. The Morgan fingerprint density at radius 2 is 1.59 bits per heavy atom. The minimum Gasteiger partial charge on any atom is -0.352 e. The Hall–Kier alpha value is -3.74. The highest BCUT2D eigenvalue weighted by atomic mass is 19.1. The van der Waals surface area contributed by atoms with Gasteiger partial charge in [-0.1, -0.05) is 42.5 Å². The molecule has 0 atom stereocenters. The molecule has 0 radical (unpaired) electrons. The first kappa shape index (κ1) is 23.4. The Balaban J connectivity index is 1.23. The lowest BCUT2D eigenvalue weighted by molar-refractivity contribution is -0.127. The highest BCUT2D eigenvalue weighted by molar-refractivity contribution is 6.07. The third-order valence-corrected chi connectivity index (χ3v) is 6.55. The molecule has 0 spiro atoms. The Bertz CT molecular complexity index is 1210. The van der Waals surface area contributed by atoms with Gasteiger partial charge in [0.05, 0.1) is 0 Å². The molecule has 0 aliphatic heterocycles. The standard InChI is InChI=1S/C27H28FN3O3/c1-17-9-14-21(28)15-24(17)26(33)29-16-18-10-12-20(13-11-18)25(32)30-31-27(34)23-8-4-6-19-5-2-3-7-22(19)23/h2-9,14-15,18,20H,10-13,16H2,1H3,(H,29,33)(H,30,32)(H,31,34). The monoisotopic (exact) mass is 461 g/mol. The third kappa shape index (κ3) is 5.42. The molecular weight excluding hydrogens is 433 g/mol. The fraction of sp³-hybridized carbons (Fsp3) is 0.296. The molecule has 0 unspecified atom stereocenters. The predicted molar refractivity (Wildman–Crippen MR) is 128 cm³/mol. The lowest BCUT2D eigenvalue weighted by Crippen LogP contribution is -2.45. The minimum absolute atomic E-state index is 0.190. The van der Waals surface area contributed by atoms with Gasteiger partial charge in [-0.2, -0.15) is 0 Å². The second-order valence-electron chi connectivity index (χ2n) is 8.86. The number of rotatable bonds is 5. The second kappa shape index (κ2) is 10.5. The van der Waals surface area contributed by atoms with E-state index in [1.54, 1.807) is 19.1 Å². The van der Waals surface area contributed by atoms with Crippen molar-refractivity contribution < 1.29 is 18.8 Å². The topological polar surface area (TPSA) is 87.3 Å². The van der Waals surface area contributed by atoms with Crippen LogP contribution in [-0.4, -0.2) is 24.3 Å². The highest BCUT2D eigenvalue weighted by Crippen LogP contribution is 2.28. The zero-order valence-electron chi connectivity index (χ0n) is 19.1. The number of aryl methyl sites for hydroxylation is 1. The molecule has 6 nitrogen and oxygen atoms in total. The van der Waals surface area contributed by atoms with Crippen LogP contribution in [0.15, 0.2) is 60.7 Å². The molecule has 1 aliphatic carbocycles. The molecular formula is C27H28FN3O3. The number of carbonyl (C=O) groups is 3. The van der Waals surface area contributed by atoms with Crippen LogP contribution >= 0.6 is 0 Å². The maximum absolute atomic E-state index is 13.5. The maximum atomic E-state index is 13.5. The molecule has 1 aliphatic rings. The van der Waals surface area contributed by atoms with E-state index in [4.69, 9.17) is 0 Å². The van der Waals surface area contributed by atoms with E-state index in [9.17, 15) is 18.8 Å². The molecule has 1 fully saturated rings. The molecule has 34 heavy (non-hydrogen) atoms. The molecule has 0 saturated heterocycles. The van der Waals surface area contributed by atoms with E-state index in [1.165, 1.54) is 12.1 Å². The van der Waals surface area contributed by atoms with Crippen molar-refractivity contribution in [1.82, 2.24) is 16.2 Å². The number of amides is 3. The van der Waals surface area contributed by atoms with Crippen LogP contribution in [0.2, 0.25) is 0 Å². The summed E-state index contributed by atoms with van der Waals surface area (Å²) in [7, 11) is 0. The van der Waals surface area contributed by atoms with Gasteiger partial charge in [-0.25, -0.2) is 4.39 Å². The summed E-state index contributed by atoms with van der Waals surface area (Å²) >= 11 is 0. The van der Waals surface area contributed by atoms with Gasteiger partial charge >= 0.3 is 0 Å². The summed E-state index contributed by atoms with van der Waals surface area (Å²) < 4.78 is 13.5. The summed E-state index contributed by atoms with van der Waals surface area (Å²) in [5.41, 5.74) is 6.69. The summed E-state index contributed by atoms with van der Waals surface area (Å²) in [6, 6.07) is 17.3. The van der Waals surface area contributed by atoms with Gasteiger partial charge in [-0.05, 0) is 73.1 Å². The van der Waals surface area contributed by atoms with Crippen molar-refractivity contribution in [3.63, 3.8) is 0 Å². The predicted octanol–water partition coefficient (Wildman–Crippen LogP) is 4.28. The summed E-state index contributed by atoms with van der Waals surface area (Å²) in [5.74, 6) is -1.21. The number of carbonyl (C=O) groups excluding carboxylic acids is 3. The quantitative estimate of drug-likeness (QED) is 0.496. The van der Waals surface area contributed by atoms with Gasteiger partial charge in [0.2, 0.25) is 5.91 Å². The largest absolute Gasteiger partial charge is 0.352 e. The van der Waals surface area contributed by atoms with E-state index in [-0.39, 0.29) is 29.6 Å². The van der Waals surface area contributed by atoms with Crippen LogP contribution in [0.1, 0.15) is 52.0 Å². The second-order valence-corrected chi connectivity index (χ2v) is 8.86. The van der Waals surface area contributed by atoms with Crippen molar-refractivity contribution in [2.45, 2.75) is 32.6 Å². The van der Waals surface area contributed by atoms with Gasteiger partial charge in [0.15, 0.2) is 0 Å². The van der Waals surface area contributed by atoms with E-state index in [2.05, 4.69) is 16.2 Å². The van der Waals surface area contributed by atoms with Gasteiger partial charge < -0.3 is 5.32 Å². The third-order valence-electron chi connectivity index (χ3n) is 6.55. The Kier molecular flexibility index (Phi) is 7.21. The molecule has 0 aromatic heterocycles. The SMILES string of the molecule is Cc1ccc(F)cc1C(=O)NCC1CCC(C(=O)NNC(=O)c2cccc3ccccc23)CC1.